The summed E-state index contributed by atoms with van der Waals surface area (Å²) in [5.41, 5.74) is 0. The van der Waals surface area contributed by atoms with Crippen LogP contribution in [0.25, 0.3) is 0 Å². The van der Waals surface area contributed by atoms with Gasteiger partial charge in [-0.15, -0.1) is 0 Å². The molecule has 0 amide bonds. The van der Waals surface area contributed by atoms with Gasteiger partial charge in [0.15, 0.2) is 0 Å². The van der Waals surface area contributed by atoms with Gasteiger partial charge < -0.3 is 18.7 Å². The molecule has 0 N–H and O–H groups in total. The number of nitrogens with zero attached hydrogens (tertiary/aromatic N) is 1. The van der Waals surface area contributed by atoms with Crippen LogP contribution in [0.1, 0.15) is 40.0 Å². The summed E-state index contributed by atoms with van der Waals surface area (Å²) in [6, 6.07) is 0. The Morgan fingerprint density at radius 3 is 1.92 bits per heavy atom. The standard InChI is InChI=1S/C9H20N.C2H5.Zn/c1-4-7-9-10(6-3)8-5-2;1-2;/h1,4-9H2,2-3H3;1H2,2H3;/q2*-1;+2. The first-order chi connectivity index (χ1) is 5.85. The van der Waals surface area contributed by atoms with Gasteiger partial charge in [-0.1, -0.05) is 20.3 Å². The van der Waals surface area contributed by atoms with Crippen molar-refractivity contribution in [1.82, 2.24) is 4.90 Å². The minimum Gasteiger partial charge on any atom is -0.346 e. The van der Waals surface area contributed by atoms with Crippen LogP contribution < -0.4 is 0 Å². The van der Waals surface area contributed by atoms with Gasteiger partial charge in [0.2, 0.25) is 0 Å². The van der Waals surface area contributed by atoms with Gasteiger partial charge in [0.05, 0.1) is 0 Å². The quantitative estimate of drug-likeness (QED) is 0.506. The molecule has 0 aliphatic carbocycles. The second-order valence-electron chi connectivity index (χ2n) is 2.64. The minimum absolute atomic E-state index is 0. The van der Waals surface area contributed by atoms with Crippen molar-refractivity contribution in [3.05, 3.63) is 13.8 Å². The summed E-state index contributed by atoms with van der Waals surface area (Å²) in [6.45, 7) is 16.9. The summed E-state index contributed by atoms with van der Waals surface area (Å²) in [7, 11) is 0. The van der Waals surface area contributed by atoms with Crippen LogP contribution in [0.3, 0.4) is 0 Å². The zero-order valence-electron chi connectivity index (χ0n) is 9.81. The number of hydrogen-bond acceptors (Lipinski definition) is 1. The maximum absolute atomic E-state index is 3.83. The largest absolute Gasteiger partial charge is 2.00 e. The maximum Gasteiger partial charge on any atom is 2.00 e. The van der Waals surface area contributed by atoms with E-state index in [0.29, 0.717) is 0 Å². The molecule has 0 saturated carbocycles. The van der Waals surface area contributed by atoms with Crippen LogP contribution in [0.4, 0.5) is 0 Å². The van der Waals surface area contributed by atoms with Gasteiger partial charge in [-0.2, -0.15) is 13.3 Å². The molecule has 0 atom stereocenters. The molecule has 13 heavy (non-hydrogen) atoms. The van der Waals surface area contributed by atoms with Gasteiger partial charge in [0, 0.05) is 0 Å². The molecule has 0 unspecified atom stereocenters. The summed E-state index contributed by atoms with van der Waals surface area (Å²) in [5.74, 6) is 0. The van der Waals surface area contributed by atoms with Crippen LogP contribution in [0.15, 0.2) is 0 Å². The molecule has 0 fully saturated rings. The van der Waals surface area contributed by atoms with Crippen LogP contribution in [-0.4, -0.2) is 24.5 Å². The fourth-order valence-corrected chi connectivity index (χ4v) is 1.08. The van der Waals surface area contributed by atoms with Crippen LogP contribution >= 0.6 is 0 Å². The van der Waals surface area contributed by atoms with E-state index in [0.717, 1.165) is 6.42 Å². The molecular formula is C11H25NZn. The van der Waals surface area contributed by atoms with E-state index in [1.807, 2.05) is 0 Å². The van der Waals surface area contributed by atoms with Crippen molar-refractivity contribution in [1.29, 1.82) is 0 Å². The summed E-state index contributed by atoms with van der Waals surface area (Å²) >= 11 is 0. The van der Waals surface area contributed by atoms with Crippen molar-refractivity contribution in [2.75, 3.05) is 19.6 Å². The van der Waals surface area contributed by atoms with Gasteiger partial charge in [-0.05, 0) is 26.1 Å². The first kappa shape index (κ1) is 19.2. The van der Waals surface area contributed by atoms with E-state index >= 15 is 0 Å². The summed E-state index contributed by atoms with van der Waals surface area (Å²) in [6.07, 6.45) is 3.58. The summed E-state index contributed by atoms with van der Waals surface area (Å²) in [4.78, 5) is 2.48. The van der Waals surface area contributed by atoms with Gasteiger partial charge in [-0.3, -0.25) is 0 Å². The van der Waals surface area contributed by atoms with Crippen LogP contribution in [0.5, 0.6) is 0 Å². The molecule has 0 saturated heterocycles. The van der Waals surface area contributed by atoms with E-state index in [1.54, 1.807) is 6.92 Å². The molecule has 2 heteroatoms. The Balaban J connectivity index is -0.000000309. The SMILES string of the molecule is [CH2-]C.[CH2-]CCCN(CC)CCC.[Zn+2]. The van der Waals surface area contributed by atoms with E-state index in [9.17, 15) is 0 Å². The van der Waals surface area contributed by atoms with Gasteiger partial charge in [0.25, 0.3) is 0 Å². The Morgan fingerprint density at radius 2 is 1.62 bits per heavy atom. The third-order valence-electron chi connectivity index (χ3n) is 1.71. The predicted molar refractivity (Wildman–Crippen MR) is 58.0 cm³/mol. The Morgan fingerprint density at radius 1 is 1.08 bits per heavy atom. The van der Waals surface area contributed by atoms with Crippen LogP contribution in [-0.2, 0) is 19.5 Å². The summed E-state index contributed by atoms with van der Waals surface area (Å²) in [5, 5.41) is 0. The topological polar surface area (TPSA) is 3.24 Å². The molecule has 76 valence electrons. The summed E-state index contributed by atoms with van der Waals surface area (Å²) < 4.78 is 0. The second-order valence-corrected chi connectivity index (χ2v) is 2.64. The van der Waals surface area contributed by atoms with Gasteiger partial charge in [0.1, 0.15) is 0 Å². The molecule has 0 heterocycles. The molecule has 0 spiro atoms. The molecule has 0 aromatic rings. The number of hydrogen-bond donors (Lipinski definition) is 0. The van der Waals surface area contributed by atoms with E-state index in [1.165, 1.54) is 32.5 Å². The second kappa shape index (κ2) is 18.4. The average Bonchev–Trinajstić information content (AvgIpc) is 2.15. The third-order valence-corrected chi connectivity index (χ3v) is 1.71. The molecule has 1 nitrogen and oxygen atoms in total. The van der Waals surface area contributed by atoms with Crippen molar-refractivity contribution in [2.24, 2.45) is 0 Å². The fraction of sp³-hybridized carbons (Fsp3) is 0.818. The molecule has 0 bridgehead atoms. The fourth-order valence-electron chi connectivity index (χ4n) is 1.08. The molecule has 0 radical (unpaired) electrons. The Bertz CT molecular complexity index is 67.1. The molecule has 0 rings (SSSR count). The third kappa shape index (κ3) is 15.3. The Hall–Kier alpha value is 0.583. The zero-order valence-corrected chi connectivity index (χ0v) is 12.8. The smallest absolute Gasteiger partial charge is 0.346 e. The maximum atomic E-state index is 3.83. The molecular weight excluding hydrogens is 212 g/mol. The minimum atomic E-state index is 0. The predicted octanol–water partition coefficient (Wildman–Crippen LogP) is 3.17. The number of rotatable bonds is 6. The van der Waals surface area contributed by atoms with E-state index < -0.39 is 0 Å². The molecule has 0 aliphatic rings. The first-order valence-corrected chi connectivity index (χ1v) is 5.07. The van der Waals surface area contributed by atoms with E-state index in [4.69, 9.17) is 0 Å². The van der Waals surface area contributed by atoms with Gasteiger partial charge in [-0.25, -0.2) is 0 Å². The van der Waals surface area contributed by atoms with Crippen molar-refractivity contribution in [2.45, 2.75) is 40.0 Å². The van der Waals surface area contributed by atoms with E-state index in [2.05, 4.69) is 32.6 Å². The van der Waals surface area contributed by atoms with Crippen LogP contribution in [0.2, 0.25) is 0 Å². The van der Waals surface area contributed by atoms with Crippen molar-refractivity contribution in [3.63, 3.8) is 0 Å². The normalized spacial score (nSPS) is 8.77. The Kier molecular flexibility index (Phi) is 27.2. The van der Waals surface area contributed by atoms with E-state index in [-0.39, 0.29) is 19.5 Å². The molecule has 0 aromatic carbocycles. The van der Waals surface area contributed by atoms with Crippen LogP contribution in [0, 0.1) is 13.8 Å². The van der Waals surface area contributed by atoms with Crippen molar-refractivity contribution in [3.8, 4) is 0 Å². The molecule has 0 aliphatic heterocycles. The molecule has 0 aromatic heterocycles. The van der Waals surface area contributed by atoms with Crippen molar-refractivity contribution < 1.29 is 19.5 Å². The zero-order chi connectivity index (χ0) is 9.82. The average molecular weight is 237 g/mol. The monoisotopic (exact) mass is 235 g/mol. The first-order valence-electron chi connectivity index (χ1n) is 5.07. The number of unbranched alkanes of at least 4 members (excludes halogenated alkanes) is 1. The Labute approximate surface area is 98.0 Å². The van der Waals surface area contributed by atoms with Crippen molar-refractivity contribution >= 4 is 0 Å². The van der Waals surface area contributed by atoms with Gasteiger partial charge >= 0.3 is 19.5 Å².